The Morgan fingerprint density at radius 1 is 1.23 bits per heavy atom. The first-order chi connectivity index (χ1) is 14.5. The number of thiophene rings is 1. The molecule has 1 aromatic heterocycles. The third-order valence-corrected chi connectivity index (χ3v) is 6.54. The van der Waals surface area contributed by atoms with E-state index >= 15 is 0 Å². The number of benzene rings is 2. The second kappa shape index (κ2) is 8.71. The average molecular weight is 447 g/mol. The van der Waals surface area contributed by atoms with Gasteiger partial charge >= 0.3 is 0 Å². The van der Waals surface area contributed by atoms with Crippen LogP contribution in [0.5, 0.6) is 0 Å². The minimum absolute atomic E-state index is 0.0960. The van der Waals surface area contributed by atoms with Crippen molar-refractivity contribution in [2.24, 2.45) is 0 Å². The van der Waals surface area contributed by atoms with E-state index in [9.17, 15) is 14.0 Å². The molecule has 2 heterocycles. The number of fused-ring (bicyclic) bond motifs is 1. The number of rotatable bonds is 5. The van der Waals surface area contributed by atoms with Gasteiger partial charge in [-0.05, 0) is 43.2 Å². The van der Waals surface area contributed by atoms with Crippen molar-refractivity contribution < 1.29 is 18.7 Å². The van der Waals surface area contributed by atoms with Gasteiger partial charge < -0.3 is 15.0 Å². The molecule has 0 radical (unpaired) electrons. The van der Waals surface area contributed by atoms with Crippen LogP contribution in [0.25, 0.3) is 10.1 Å². The van der Waals surface area contributed by atoms with Gasteiger partial charge in [0.25, 0.3) is 11.8 Å². The number of methoxy groups -OCH3 is 1. The van der Waals surface area contributed by atoms with Crippen molar-refractivity contribution in [1.82, 2.24) is 4.90 Å². The second-order valence-electron chi connectivity index (χ2n) is 7.10. The maximum absolute atomic E-state index is 14.4. The minimum atomic E-state index is -0.430. The molecule has 2 amide bonds. The molecule has 5 nitrogen and oxygen atoms in total. The lowest BCUT2D eigenvalue weighted by atomic mass is 10.1. The van der Waals surface area contributed by atoms with Crippen LogP contribution in [0.1, 0.15) is 38.4 Å². The molecule has 30 heavy (non-hydrogen) atoms. The number of likely N-dealkylation sites (tertiary alicyclic amines) is 1. The van der Waals surface area contributed by atoms with Crippen LogP contribution in [-0.2, 0) is 11.3 Å². The molecule has 0 saturated carbocycles. The van der Waals surface area contributed by atoms with Crippen LogP contribution in [-0.4, -0.2) is 36.9 Å². The van der Waals surface area contributed by atoms with Crippen molar-refractivity contribution in [3.8, 4) is 0 Å². The average Bonchev–Trinajstić information content (AvgIpc) is 3.37. The fourth-order valence-corrected chi connectivity index (χ4v) is 5.00. The van der Waals surface area contributed by atoms with Crippen LogP contribution in [0, 0.1) is 5.82 Å². The monoisotopic (exact) mass is 446 g/mol. The van der Waals surface area contributed by atoms with Crippen LogP contribution in [0.3, 0.4) is 0 Å². The van der Waals surface area contributed by atoms with Gasteiger partial charge in [-0.1, -0.05) is 17.7 Å². The molecule has 2 aromatic carbocycles. The zero-order chi connectivity index (χ0) is 21.3. The summed E-state index contributed by atoms with van der Waals surface area (Å²) in [6.07, 6.45) is 1.93. The fourth-order valence-electron chi connectivity index (χ4n) is 3.71. The summed E-state index contributed by atoms with van der Waals surface area (Å²) >= 11 is 7.32. The Morgan fingerprint density at radius 3 is 2.73 bits per heavy atom. The number of carbonyl (C=O) groups is 2. The third kappa shape index (κ3) is 3.93. The predicted molar refractivity (Wildman–Crippen MR) is 117 cm³/mol. The summed E-state index contributed by atoms with van der Waals surface area (Å²) in [6.45, 7) is 1.49. The lowest BCUT2D eigenvalue weighted by Crippen LogP contribution is -2.28. The van der Waals surface area contributed by atoms with Crippen molar-refractivity contribution in [3.05, 3.63) is 63.2 Å². The first kappa shape index (κ1) is 20.8. The molecular weight excluding hydrogens is 427 g/mol. The Balaban J connectivity index is 1.71. The maximum atomic E-state index is 14.4. The highest BCUT2D eigenvalue weighted by molar-refractivity contribution is 7.21. The second-order valence-corrected chi connectivity index (χ2v) is 8.59. The number of hydrogen-bond acceptors (Lipinski definition) is 4. The Labute approximate surface area is 182 Å². The maximum Gasteiger partial charge on any atom is 0.266 e. The Hall–Kier alpha value is -2.48. The van der Waals surface area contributed by atoms with Gasteiger partial charge in [0.2, 0.25) is 0 Å². The summed E-state index contributed by atoms with van der Waals surface area (Å²) in [5.41, 5.74) is 1.21. The number of anilines is 1. The largest absolute Gasteiger partial charge is 0.380 e. The summed E-state index contributed by atoms with van der Waals surface area (Å²) in [7, 11) is 1.50. The van der Waals surface area contributed by atoms with Crippen LogP contribution in [0.2, 0.25) is 5.02 Å². The first-order valence-electron chi connectivity index (χ1n) is 9.58. The normalized spacial score (nSPS) is 13.8. The highest BCUT2D eigenvalue weighted by atomic mass is 35.5. The first-order valence-corrected chi connectivity index (χ1v) is 10.8. The lowest BCUT2D eigenvalue weighted by Gasteiger charge is -2.18. The molecule has 156 valence electrons. The van der Waals surface area contributed by atoms with Crippen LogP contribution < -0.4 is 5.32 Å². The van der Waals surface area contributed by atoms with Gasteiger partial charge in [0.05, 0.1) is 22.7 Å². The van der Waals surface area contributed by atoms with E-state index in [4.69, 9.17) is 16.3 Å². The van der Waals surface area contributed by atoms with Crippen molar-refractivity contribution in [3.63, 3.8) is 0 Å². The topological polar surface area (TPSA) is 58.6 Å². The van der Waals surface area contributed by atoms with E-state index in [0.717, 1.165) is 12.8 Å². The zero-order valence-corrected chi connectivity index (χ0v) is 17.9. The van der Waals surface area contributed by atoms with Gasteiger partial charge in [0.1, 0.15) is 5.82 Å². The van der Waals surface area contributed by atoms with E-state index in [-0.39, 0.29) is 12.5 Å². The zero-order valence-electron chi connectivity index (χ0n) is 16.3. The van der Waals surface area contributed by atoms with Gasteiger partial charge in [0.15, 0.2) is 0 Å². The van der Waals surface area contributed by atoms with E-state index in [2.05, 4.69) is 5.32 Å². The Morgan fingerprint density at radius 2 is 2.00 bits per heavy atom. The van der Waals surface area contributed by atoms with E-state index in [1.165, 1.54) is 24.5 Å². The van der Waals surface area contributed by atoms with Gasteiger partial charge in [-0.25, -0.2) is 4.39 Å². The Bertz CT molecular complexity index is 1130. The van der Waals surface area contributed by atoms with Crippen molar-refractivity contribution >= 4 is 50.5 Å². The van der Waals surface area contributed by atoms with Crippen molar-refractivity contribution in [2.45, 2.75) is 19.4 Å². The fraction of sp³-hybridized carbons (Fsp3) is 0.273. The molecule has 1 aliphatic rings. The van der Waals surface area contributed by atoms with Gasteiger partial charge in [-0.15, -0.1) is 11.3 Å². The molecule has 3 aromatic rings. The molecule has 0 unspecified atom stereocenters. The Kier molecular flexibility index (Phi) is 6.04. The van der Waals surface area contributed by atoms with E-state index in [1.54, 1.807) is 35.2 Å². The molecule has 1 saturated heterocycles. The number of carbonyl (C=O) groups excluding carboxylic acids is 2. The van der Waals surface area contributed by atoms with Crippen molar-refractivity contribution in [2.75, 3.05) is 25.5 Å². The molecule has 8 heteroatoms. The number of nitrogens with zero attached hydrogens (tertiary/aromatic N) is 1. The van der Waals surface area contributed by atoms with Gasteiger partial charge in [-0.3, -0.25) is 9.59 Å². The van der Waals surface area contributed by atoms with Crippen LogP contribution >= 0.6 is 22.9 Å². The molecular formula is C22H20ClFN2O3S. The van der Waals surface area contributed by atoms with E-state index < -0.39 is 11.7 Å². The number of ether oxygens (including phenoxy) is 1. The standard InChI is InChI=1S/C22H20ClFN2O3S/c1-29-12-15-19-16(24)5-4-6-18(19)30-20(15)21(27)25-17-11-13(23)7-8-14(17)22(28)26-9-2-3-10-26/h4-8,11H,2-3,9-10,12H2,1H3,(H,25,27). The summed E-state index contributed by atoms with van der Waals surface area (Å²) in [4.78, 5) is 28.2. The van der Waals surface area contributed by atoms with Crippen LogP contribution in [0.4, 0.5) is 10.1 Å². The summed E-state index contributed by atoms with van der Waals surface area (Å²) in [5, 5.41) is 3.60. The molecule has 0 bridgehead atoms. The van der Waals surface area contributed by atoms with Crippen molar-refractivity contribution in [1.29, 1.82) is 0 Å². The smallest absolute Gasteiger partial charge is 0.266 e. The molecule has 1 fully saturated rings. The SMILES string of the molecule is COCc1c(C(=O)Nc2cc(Cl)ccc2C(=O)N2CCCC2)sc2cccc(F)c12. The van der Waals surface area contributed by atoms with E-state index in [1.807, 2.05) is 0 Å². The molecule has 0 aliphatic carbocycles. The minimum Gasteiger partial charge on any atom is -0.380 e. The number of nitrogens with one attached hydrogen (secondary N) is 1. The molecule has 1 aliphatic heterocycles. The summed E-state index contributed by atoms with van der Waals surface area (Å²) in [6, 6.07) is 9.55. The highest BCUT2D eigenvalue weighted by Crippen LogP contribution is 2.35. The van der Waals surface area contributed by atoms with Gasteiger partial charge in [0, 0.05) is 40.9 Å². The highest BCUT2D eigenvalue weighted by Gasteiger charge is 2.25. The molecule has 0 spiro atoms. The summed E-state index contributed by atoms with van der Waals surface area (Å²) < 4.78 is 20.3. The number of amides is 2. The lowest BCUT2D eigenvalue weighted by molar-refractivity contribution is 0.0794. The number of hydrogen-bond donors (Lipinski definition) is 1. The quantitative estimate of drug-likeness (QED) is 0.576. The van der Waals surface area contributed by atoms with E-state index in [0.29, 0.717) is 49.9 Å². The molecule has 0 atom stereocenters. The van der Waals surface area contributed by atoms with Crippen LogP contribution in [0.15, 0.2) is 36.4 Å². The summed E-state index contributed by atoms with van der Waals surface area (Å²) in [5.74, 6) is -0.970. The molecule has 1 N–H and O–H groups in total. The molecule has 4 rings (SSSR count). The third-order valence-electron chi connectivity index (χ3n) is 5.11. The predicted octanol–water partition coefficient (Wildman–Crippen LogP) is 5.33. The van der Waals surface area contributed by atoms with Gasteiger partial charge in [-0.2, -0.15) is 0 Å². The number of halogens is 2.